The number of allylic oxidation sites excluding steroid dienone is 20. The molecular weight excluding hydrogens is 973 g/mol. The lowest BCUT2D eigenvalue weighted by molar-refractivity contribution is -0.167. The summed E-state index contributed by atoms with van der Waals surface area (Å²) < 4.78 is 16.9. The van der Waals surface area contributed by atoms with Gasteiger partial charge in [0.05, 0.1) is 0 Å². The number of unbranched alkanes of at least 4 members (excludes halogenated alkanes) is 28. The lowest BCUT2D eigenvalue weighted by atomic mass is 10.0. The van der Waals surface area contributed by atoms with Gasteiger partial charge in [-0.15, -0.1) is 0 Å². The third-order valence-corrected chi connectivity index (χ3v) is 13.9. The average molecular weight is 1100 g/mol. The van der Waals surface area contributed by atoms with Crippen LogP contribution in [-0.4, -0.2) is 37.2 Å². The first kappa shape index (κ1) is 74.8. The normalized spacial score (nSPS) is 12.9. The molecule has 0 fully saturated rings. The third-order valence-electron chi connectivity index (χ3n) is 13.9. The van der Waals surface area contributed by atoms with E-state index in [-0.39, 0.29) is 37.5 Å². The van der Waals surface area contributed by atoms with Crippen molar-refractivity contribution in [3.63, 3.8) is 0 Å². The molecule has 6 nitrogen and oxygen atoms in total. The van der Waals surface area contributed by atoms with Crippen LogP contribution >= 0.6 is 0 Å². The third kappa shape index (κ3) is 64.5. The fraction of sp³-hybridized carbons (Fsp3) is 0.685. The molecule has 0 aromatic heterocycles. The number of carbonyl (C=O) groups excluding carboxylic acids is 3. The predicted octanol–water partition coefficient (Wildman–Crippen LogP) is 22.8. The van der Waals surface area contributed by atoms with Gasteiger partial charge in [0.2, 0.25) is 0 Å². The summed E-state index contributed by atoms with van der Waals surface area (Å²) in [5, 5.41) is 0. The zero-order chi connectivity index (χ0) is 57.1. The van der Waals surface area contributed by atoms with Gasteiger partial charge in [-0.1, -0.05) is 284 Å². The van der Waals surface area contributed by atoms with Gasteiger partial charge in [-0.05, 0) is 122 Å². The van der Waals surface area contributed by atoms with Crippen LogP contribution in [0.25, 0.3) is 0 Å². The zero-order valence-corrected chi connectivity index (χ0v) is 51.6. The van der Waals surface area contributed by atoms with E-state index in [0.717, 1.165) is 135 Å². The Balaban J connectivity index is 4.17. The molecule has 79 heavy (non-hydrogen) atoms. The Morgan fingerprint density at radius 1 is 0.266 bits per heavy atom. The fourth-order valence-corrected chi connectivity index (χ4v) is 9.05. The second kappa shape index (κ2) is 66.3. The summed E-state index contributed by atoms with van der Waals surface area (Å²) in [7, 11) is 0. The largest absolute Gasteiger partial charge is 0.462 e. The van der Waals surface area contributed by atoms with Crippen molar-refractivity contribution in [1.29, 1.82) is 0 Å². The Bertz CT molecular complexity index is 1640. The minimum atomic E-state index is -0.807. The number of carbonyl (C=O) groups is 3. The van der Waals surface area contributed by atoms with Crippen molar-refractivity contribution in [2.24, 2.45) is 0 Å². The van der Waals surface area contributed by atoms with E-state index in [1.807, 2.05) is 0 Å². The Kier molecular flexibility index (Phi) is 62.8. The molecule has 6 heteroatoms. The molecular formula is C73H122O6. The highest BCUT2D eigenvalue weighted by molar-refractivity contribution is 5.71. The minimum absolute atomic E-state index is 0.0986. The summed E-state index contributed by atoms with van der Waals surface area (Å²) in [6.45, 7) is 6.32. The van der Waals surface area contributed by atoms with Crippen LogP contribution in [0.15, 0.2) is 122 Å². The van der Waals surface area contributed by atoms with Crippen molar-refractivity contribution >= 4 is 17.9 Å². The number of hydrogen-bond acceptors (Lipinski definition) is 6. The molecule has 0 aliphatic carbocycles. The van der Waals surface area contributed by atoms with Crippen molar-refractivity contribution in [2.45, 2.75) is 309 Å². The predicted molar refractivity (Wildman–Crippen MR) is 343 cm³/mol. The molecule has 0 aliphatic heterocycles. The van der Waals surface area contributed by atoms with Crippen LogP contribution in [0.1, 0.15) is 303 Å². The van der Waals surface area contributed by atoms with Gasteiger partial charge in [-0.3, -0.25) is 14.4 Å². The Hall–Kier alpha value is -4.19. The molecule has 0 aliphatic rings. The second-order valence-corrected chi connectivity index (χ2v) is 21.6. The molecule has 0 heterocycles. The maximum Gasteiger partial charge on any atom is 0.306 e. The van der Waals surface area contributed by atoms with E-state index in [2.05, 4.69) is 142 Å². The summed E-state index contributed by atoms with van der Waals surface area (Å²) in [5.41, 5.74) is 0. The summed E-state index contributed by atoms with van der Waals surface area (Å²) in [6, 6.07) is 0. The average Bonchev–Trinajstić information content (AvgIpc) is 3.45. The van der Waals surface area contributed by atoms with Gasteiger partial charge >= 0.3 is 17.9 Å². The maximum atomic E-state index is 12.9. The number of hydrogen-bond donors (Lipinski definition) is 0. The second-order valence-electron chi connectivity index (χ2n) is 21.6. The standard InChI is InChI=1S/C73H122O6/c1-4-7-10-13-16-19-22-25-27-28-29-30-31-32-33-34-35-36-37-38-39-40-41-42-43-44-46-48-51-54-57-60-63-66-72(75)78-69-70(68-77-71(74)65-62-59-56-53-50-47-24-21-18-15-12-9-6-3)79-73(76)67-64-61-58-55-52-49-45-26-23-20-17-14-11-8-5-2/h7-8,10-12,15-17,19-21,24-27,29-30,45,52,55,70H,4-6,9,13-14,18,22-23,28,31-44,46-51,53-54,56-69H2,1-3H3/b10-7-,11-8-,15-12-,19-16-,20-17-,24-21-,27-25-,30-29-,45-26-,55-52-. The summed E-state index contributed by atoms with van der Waals surface area (Å²) in [4.78, 5) is 38.2. The van der Waals surface area contributed by atoms with Crippen LogP contribution in [0, 0.1) is 0 Å². The fourth-order valence-electron chi connectivity index (χ4n) is 9.05. The molecule has 450 valence electrons. The highest BCUT2D eigenvalue weighted by atomic mass is 16.6. The van der Waals surface area contributed by atoms with Crippen LogP contribution in [0.5, 0.6) is 0 Å². The van der Waals surface area contributed by atoms with Crippen molar-refractivity contribution in [1.82, 2.24) is 0 Å². The van der Waals surface area contributed by atoms with Crippen LogP contribution in [0.3, 0.4) is 0 Å². The van der Waals surface area contributed by atoms with Gasteiger partial charge in [0.15, 0.2) is 6.10 Å². The van der Waals surface area contributed by atoms with Crippen LogP contribution in [-0.2, 0) is 28.6 Å². The van der Waals surface area contributed by atoms with Crippen molar-refractivity contribution < 1.29 is 28.6 Å². The molecule has 0 bridgehead atoms. The van der Waals surface area contributed by atoms with E-state index in [1.165, 1.54) is 122 Å². The van der Waals surface area contributed by atoms with Crippen LogP contribution in [0.2, 0.25) is 0 Å². The topological polar surface area (TPSA) is 78.9 Å². The molecule has 0 aromatic carbocycles. The molecule has 0 saturated carbocycles. The number of ether oxygens (including phenoxy) is 3. The quantitative estimate of drug-likeness (QED) is 0.0261. The molecule has 0 amide bonds. The lowest BCUT2D eigenvalue weighted by Crippen LogP contribution is -2.30. The van der Waals surface area contributed by atoms with Crippen LogP contribution < -0.4 is 0 Å². The zero-order valence-electron chi connectivity index (χ0n) is 51.6. The first-order valence-corrected chi connectivity index (χ1v) is 33.0. The Morgan fingerprint density at radius 2 is 0.494 bits per heavy atom. The first-order valence-electron chi connectivity index (χ1n) is 33.0. The van der Waals surface area contributed by atoms with E-state index < -0.39 is 6.10 Å². The van der Waals surface area contributed by atoms with E-state index in [1.54, 1.807) is 0 Å². The highest BCUT2D eigenvalue weighted by Crippen LogP contribution is 2.17. The summed E-state index contributed by atoms with van der Waals surface area (Å²) in [5.74, 6) is -0.949. The van der Waals surface area contributed by atoms with Gasteiger partial charge in [-0.25, -0.2) is 0 Å². The summed E-state index contributed by atoms with van der Waals surface area (Å²) >= 11 is 0. The van der Waals surface area contributed by atoms with Gasteiger partial charge in [0, 0.05) is 19.3 Å². The van der Waals surface area contributed by atoms with Crippen molar-refractivity contribution in [2.75, 3.05) is 13.2 Å². The molecule has 0 aromatic rings. The number of rotatable bonds is 59. The molecule has 0 spiro atoms. The SMILES string of the molecule is CC/C=C\C/C=C\C/C=C\C/C=C\CCCCCCCCCCCCCCCCCCCCCCC(=O)OCC(COC(=O)CCCCCCC/C=C\C/C=C\CCC)OC(=O)CCCC/C=C\C/C=C\C/C=C\C/C=C\CC. The Labute approximate surface area is 488 Å². The molecule has 0 rings (SSSR count). The first-order chi connectivity index (χ1) is 39.0. The van der Waals surface area contributed by atoms with E-state index in [4.69, 9.17) is 14.2 Å². The molecule has 0 N–H and O–H groups in total. The van der Waals surface area contributed by atoms with Gasteiger partial charge in [0.25, 0.3) is 0 Å². The van der Waals surface area contributed by atoms with Crippen molar-refractivity contribution in [3.8, 4) is 0 Å². The lowest BCUT2D eigenvalue weighted by Gasteiger charge is -2.18. The van der Waals surface area contributed by atoms with E-state index in [9.17, 15) is 14.4 Å². The van der Waals surface area contributed by atoms with Gasteiger partial charge in [0.1, 0.15) is 13.2 Å². The Morgan fingerprint density at radius 3 is 0.797 bits per heavy atom. The van der Waals surface area contributed by atoms with Gasteiger partial charge < -0.3 is 14.2 Å². The smallest absolute Gasteiger partial charge is 0.306 e. The summed E-state index contributed by atoms with van der Waals surface area (Å²) in [6.07, 6.45) is 92.4. The van der Waals surface area contributed by atoms with E-state index in [0.29, 0.717) is 19.3 Å². The van der Waals surface area contributed by atoms with Crippen LogP contribution in [0.4, 0.5) is 0 Å². The van der Waals surface area contributed by atoms with Crippen molar-refractivity contribution in [3.05, 3.63) is 122 Å². The van der Waals surface area contributed by atoms with E-state index >= 15 is 0 Å². The number of esters is 3. The monoisotopic (exact) mass is 1090 g/mol. The minimum Gasteiger partial charge on any atom is -0.462 e. The maximum absolute atomic E-state index is 12.9. The highest BCUT2D eigenvalue weighted by Gasteiger charge is 2.19. The molecule has 0 radical (unpaired) electrons. The molecule has 0 saturated heterocycles. The van der Waals surface area contributed by atoms with Gasteiger partial charge in [-0.2, -0.15) is 0 Å². The molecule has 1 unspecified atom stereocenters. The molecule has 1 atom stereocenters.